The van der Waals surface area contributed by atoms with E-state index in [9.17, 15) is 14.9 Å². The lowest BCUT2D eigenvalue weighted by atomic mass is 10.3. The second-order valence-electron chi connectivity index (χ2n) is 4.77. The average molecular weight is 283 g/mol. The van der Waals surface area contributed by atoms with E-state index in [1.165, 1.54) is 6.33 Å². The predicted molar refractivity (Wildman–Crippen MR) is 70.8 cm³/mol. The molecule has 0 radical (unpaired) electrons. The minimum Gasteiger partial charge on any atom is -0.480 e. The van der Waals surface area contributed by atoms with Crippen LogP contribution in [0, 0.1) is 10.1 Å². The SMILES string of the molecule is Cn1cnc([N+](=O)[O-])c1N1CCCN(CC(=O)O)CC1. The number of aryl methyl sites for hydroxylation is 1. The summed E-state index contributed by atoms with van der Waals surface area (Å²) in [5.41, 5.74) is 0. The molecular formula is C11H17N5O4. The van der Waals surface area contributed by atoms with Gasteiger partial charge in [0.2, 0.25) is 12.1 Å². The largest absolute Gasteiger partial charge is 0.480 e. The van der Waals surface area contributed by atoms with Crippen LogP contribution < -0.4 is 4.90 Å². The molecule has 1 aromatic heterocycles. The van der Waals surface area contributed by atoms with Crippen molar-refractivity contribution in [1.82, 2.24) is 14.5 Å². The van der Waals surface area contributed by atoms with E-state index in [0.717, 1.165) is 6.42 Å². The molecule has 0 atom stereocenters. The third-order valence-corrected chi connectivity index (χ3v) is 3.31. The number of nitro groups is 1. The van der Waals surface area contributed by atoms with Gasteiger partial charge in [-0.15, -0.1) is 0 Å². The molecular weight excluding hydrogens is 266 g/mol. The quantitative estimate of drug-likeness (QED) is 0.609. The second kappa shape index (κ2) is 5.87. The highest BCUT2D eigenvalue weighted by molar-refractivity contribution is 5.69. The Bertz CT molecular complexity index is 515. The van der Waals surface area contributed by atoms with E-state index in [1.807, 2.05) is 9.80 Å². The van der Waals surface area contributed by atoms with Gasteiger partial charge in [0.15, 0.2) is 0 Å². The van der Waals surface area contributed by atoms with Gasteiger partial charge in [-0.05, 0) is 16.3 Å². The first-order chi connectivity index (χ1) is 9.49. The average Bonchev–Trinajstić information content (AvgIpc) is 2.60. The van der Waals surface area contributed by atoms with Gasteiger partial charge in [-0.25, -0.2) is 0 Å². The van der Waals surface area contributed by atoms with Crippen molar-refractivity contribution in [1.29, 1.82) is 0 Å². The molecule has 0 amide bonds. The van der Waals surface area contributed by atoms with Gasteiger partial charge in [-0.1, -0.05) is 0 Å². The minimum atomic E-state index is -0.857. The molecule has 20 heavy (non-hydrogen) atoms. The van der Waals surface area contributed by atoms with Gasteiger partial charge in [0.1, 0.15) is 0 Å². The summed E-state index contributed by atoms with van der Waals surface area (Å²) in [6, 6.07) is 0. The van der Waals surface area contributed by atoms with E-state index in [2.05, 4.69) is 4.98 Å². The van der Waals surface area contributed by atoms with Crippen molar-refractivity contribution in [3.05, 3.63) is 16.4 Å². The van der Waals surface area contributed by atoms with Crippen molar-refractivity contribution >= 4 is 17.6 Å². The van der Waals surface area contributed by atoms with E-state index in [0.29, 0.717) is 32.0 Å². The van der Waals surface area contributed by atoms with Gasteiger partial charge in [0.05, 0.1) is 6.54 Å². The van der Waals surface area contributed by atoms with Crippen LogP contribution in [0.3, 0.4) is 0 Å². The summed E-state index contributed by atoms with van der Waals surface area (Å²) in [5.74, 6) is -0.531. The smallest absolute Gasteiger partial charge is 0.406 e. The van der Waals surface area contributed by atoms with E-state index < -0.39 is 10.9 Å². The Morgan fingerprint density at radius 2 is 2.20 bits per heavy atom. The van der Waals surface area contributed by atoms with Gasteiger partial charge in [-0.3, -0.25) is 14.3 Å². The number of anilines is 1. The molecule has 1 aliphatic heterocycles. The topological polar surface area (TPSA) is 105 Å². The van der Waals surface area contributed by atoms with Crippen LogP contribution in [0.5, 0.6) is 0 Å². The normalized spacial score (nSPS) is 16.9. The first-order valence-electron chi connectivity index (χ1n) is 6.34. The maximum absolute atomic E-state index is 11.0. The first kappa shape index (κ1) is 14.3. The molecule has 1 fully saturated rings. The Labute approximate surface area is 115 Å². The van der Waals surface area contributed by atoms with Crippen LogP contribution in [0.4, 0.5) is 11.6 Å². The van der Waals surface area contributed by atoms with Crippen LogP contribution in [0.2, 0.25) is 0 Å². The molecule has 1 saturated heterocycles. The third kappa shape index (κ3) is 3.05. The lowest BCUT2D eigenvalue weighted by Crippen LogP contribution is -2.34. The standard InChI is InChI=1S/C11H17N5O4/c1-13-8-12-10(16(19)20)11(13)15-4-2-3-14(5-6-15)7-9(17)18/h8H,2-7H2,1H3,(H,17,18). The monoisotopic (exact) mass is 283 g/mol. The zero-order chi connectivity index (χ0) is 14.7. The predicted octanol–water partition coefficient (Wildman–Crippen LogP) is -0.0750. The van der Waals surface area contributed by atoms with Gasteiger partial charge >= 0.3 is 11.8 Å². The molecule has 110 valence electrons. The van der Waals surface area contributed by atoms with Crippen molar-refractivity contribution in [2.75, 3.05) is 37.6 Å². The lowest BCUT2D eigenvalue weighted by Gasteiger charge is -2.22. The van der Waals surface area contributed by atoms with Crippen LogP contribution in [-0.4, -0.2) is 63.2 Å². The molecule has 1 aliphatic rings. The number of carboxylic acid groups (broad SMARTS) is 1. The highest BCUT2D eigenvalue weighted by Crippen LogP contribution is 2.26. The molecule has 0 bridgehead atoms. The summed E-state index contributed by atoms with van der Waals surface area (Å²) in [4.78, 5) is 28.8. The first-order valence-corrected chi connectivity index (χ1v) is 6.34. The number of aliphatic carboxylic acids is 1. The number of carboxylic acids is 1. The number of rotatable bonds is 4. The second-order valence-corrected chi connectivity index (χ2v) is 4.77. The fourth-order valence-electron chi connectivity index (χ4n) is 2.44. The van der Waals surface area contributed by atoms with Crippen LogP contribution in [0.1, 0.15) is 6.42 Å². The zero-order valence-corrected chi connectivity index (χ0v) is 11.2. The summed E-state index contributed by atoms with van der Waals surface area (Å²) in [7, 11) is 1.72. The van der Waals surface area contributed by atoms with Gasteiger partial charge in [0, 0.05) is 33.2 Å². The summed E-state index contributed by atoms with van der Waals surface area (Å²) in [5, 5.41) is 19.8. The molecule has 0 unspecified atom stereocenters. The molecule has 1 aromatic rings. The fraction of sp³-hybridized carbons (Fsp3) is 0.636. The summed E-state index contributed by atoms with van der Waals surface area (Å²) >= 11 is 0. The molecule has 1 N–H and O–H groups in total. The van der Waals surface area contributed by atoms with Gasteiger partial charge < -0.3 is 20.1 Å². The summed E-state index contributed by atoms with van der Waals surface area (Å²) in [6.07, 6.45) is 2.18. The number of nitrogens with zero attached hydrogens (tertiary/aromatic N) is 5. The zero-order valence-electron chi connectivity index (χ0n) is 11.2. The van der Waals surface area contributed by atoms with Crippen molar-refractivity contribution in [2.24, 2.45) is 7.05 Å². The number of aromatic nitrogens is 2. The Hall–Kier alpha value is -2.16. The van der Waals surface area contributed by atoms with Crippen LogP contribution in [0.15, 0.2) is 6.33 Å². The molecule has 0 aromatic carbocycles. The highest BCUT2D eigenvalue weighted by Gasteiger charge is 2.27. The molecule has 9 heteroatoms. The van der Waals surface area contributed by atoms with E-state index in [1.54, 1.807) is 11.6 Å². The van der Waals surface area contributed by atoms with E-state index >= 15 is 0 Å². The molecule has 2 rings (SSSR count). The van der Waals surface area contributed by atoms with E-state index in [-0.39, 0.29) is 12.4 Å². The van der Waals surface area contributed by atoms with Crippen LogP contribution in [0.25, 0.3) is 0 Å². The molecule has 0 saturated carbocycles. The Kier molecular flexibility index (Phi) is 4.18. The van der Waals surface area contributed by atoms with Gasteiger partial charge in [0.25, 0.3) is 0 Å². The summed E-state index contributed by atoms with van der Waals surface area (Å²) < 4.78 is 1.63. The minimum absolute atomic E-state index is 0.00131. The molecule has 0 aliphatic carbocycles. The Morgan fingerprint density at radius 1 is 1.45 bits per heavy atom. The maximum Gasteiger partial charge on any atom is 0.406 e. The van der Waals surface area contributed by atoms with Crippen molar-refractivity contribution < 1.29 is 14.8 Å². The van der Waals surface area contributed by atoms with Crippen molar-refractivity contribution in [3.63, 3.8) is 0 Å². The third-order valence-electron chi connectivity index (χ3n) is 3.31. The van der Waals surface area contributed by atoms with Crippen LogP contribution in [-0.2, 0) is 11.8 Å². The number of hydrogen-bond donors (Lipinski definition) is 1. The molecule has 0 spiro atoms. The van der Waals surface area contributed by atoms with Gasteiger partial charge in [-0.2, -0.15) is 0 Å². The van der Waals surface area contributed by atoms with Crippen molar-refractivity contribution in [2.45, 2.75) is 6.42 Å². The Morgan fingerprint density at radius 3 is 2.85 bits per heavy atom. The lowest BCUT2D eigenvalue weighted by molar-refractivity contribution is -0.388. The maximum atomic E-state index is 11.0. The number of hydrogen-bond acceptors (Lipinski definition) is 6. The number of carbonyl (C=O) groups is 1. The Balaban J connectivity index is 2.12. The van der Waals surface area contributed by atoms with E-state index in [4.69, 9.17) is 5.11 Å². The fourth-order valence-corrected chi connectivity index (χ4v) is 2.44. The molecule has 9 nitrogen and oxygen atoms in total. The number of imidazole rings is 1. The van der Waals surface area contributed by atoms with Crippen molar-refractivity contribution in [3.8, 4) is 0 Å². The van der Waals surface area contributed by atoms with Crippen LogP contribution >= 0.6 is 0 Å². The molecule has 2 heterocycles. The highest BCUT2D eigenvalue weighted by atomic mass is 16.6. The summed E-state index contributed by atoms with van der Waals surface area (Å²) in [6.45, 7) is 2.44.